The Morgan fingerprint density at radius 2 is 0.537 bits per heavy atom. The molecule has 0 fully saturated rings. The summed E-state index contributed by atoms with van der Waals surface area (Å²) in [5.74, 6) is 4.23. The summed E-state index contributed by atoms with van der Waals surface area (Å²) < 4.78 is 76.8. The second kappa shape index (κ2) is 37.9. The molecule has 40 heteroatoms. The molecule has 0 radical (unpaired) electrons. The van der Waals surface area contributed by atoms with E-state index < -0.39 is 62.9 Å². The van der Waals surface area contributed by atoms with Crippen molar-refractivity contribution in [1.29, 1.82) is 0 Å². The van der Waals surface area contributed by atoms with Crippen LogP contribution in [0.25, 0.3) is 0 Å². The van der Waals surface area contributed by atoms with E-state index in [4.69, 9.17) is 70.4 Å². The highest BCUT2D eigenvalue weighted by molar-refractivity contribution is 7.71. The highest BCUT2D eigenvalue weighted by Gasteiger charge is 2.62. The minimum absolute atomic E-state index is 0.0533. The van der Waals surface area contributed by atoms with Gasteiger partial charge in [0.25, 0.3) is 15.4 Å². The maximum absolute atomic E-state index is 11.8. The zero-order chi connectivity index (χ0) is 79.2. The van der Waals surface area contributed by atoms with Crippen molar-refractivity contribution in [2.75, 3.05) is 63.1 Å². The van der Waals surface area contributed by atoms with E-state index in [9.17, 15) is 57.6 Å². The molecule has 0 aliphatic carbocycles. The zero-order valence-corrected chi connectivity index (χ0v) is 62.5. The number of hydrogen-bond acceptors (Lipinski definition) is 26. The molecule has 0 aliphatic heterocycles. The number of hydrogen-bond donors (Lipinski definition) is 12. The number of aromatic carboxylic acids is 1. The highest BCUT2D eigenvalue weighted by atomic mass is 35.5. The van der Waals surface area contributed by atoms with E-state index in [1.54, 1.807) is 71.8 Å². The van der Waals surface area contributed by atoms with Gasteiger partial charge in [0.15, 0.2) is 0 Å². The number of benzene rings is 6. The summed E-state index contributed by atoms with van der Waals surface area (Å²) in [7, 11) is -13.0. The summed E-state index contributed by atoms with van der Waals surface area (Å²) in [6.45, 7) is 2.92. The number of halogens is 1. The molecule has 0 aliphatic rings. The van der Waals surface area contributed by atoms with Crippen molar-refractivity contribution in [1.82, 2.24) is 39.9 Å². The van der Waals surface area contributed by atoms with Crippen molar-refractivity contribution in [3.63, 3.8) is 0 Å². The highest BCUT2D eigenvalue weighted by Crippen LogP contribution is 2.73. The first kappa shape index (κ1) is 84.8. The van der Waals surface area contributed by atoms with E-state index in [1.165, 1.54) is 24.8 Å². The lowest BCUT2D eigenvalue weighted by atomic mass is 10.1. The number of aliphatic hydroxyl groups is 2. The predicted molar refractivity (Wildman–Crippen MR) is 393 cm³/mol. The number of ether oxygens (including phenoxy) is 6. The average Bonchev–Trinajstić information content (AvgIpc) is 0.752. The first-order valence-electron chi connectivity index (χ1n) is 31.2. The third-order valence-electron chi connectivity index (χ3n) is 15.5. The minimum atomic E-state index is -5.72. The van der Waals surface area contributed by atoms with E-state index in [0.29, 0.717) is 75.1 Å². The Morgan fingerprint density at radius 1 is 0.352 bits per heavy atom. The normalized spacial score (nSPS) is 11.5. The Balaban J connectivity index is 0.000000206. The smallest absolute Gasteiger partial charge is 0.374 e. The summed E-state index contributed by atoms with van der Waals surface area (Å²) in [5.41, 5.74) is 9.79. The zero-order valence-electron chi connectivity index (χ0n) is 58.2. The van der Waals surface area contributed by atoms with Gasteiger partial charge >= 0.3 is 36.4 Å². The van der Waals surface area contributed by atoms with Crippen LogP contribution in [0, 0.1) is 0 Å². The van der Waals surface area contributed by atoms with Crippen LogP contribution in [0.3, 0.4) is 0 Å². The summed E-state index contributed by atoms with van der Waals surface area (Å²) in [5, 5.41) is 20.9. The molecular formula is C68H75ClN12O23P4. The lowest BCUT2D eigenvalue weighted by Gasteiger charge is -2.29. The third-order valence-corrected chi connectivity index (χ3v) is 23.1. The molecule has 0 spiro atoms. The number of nitrogen functional groups attached to an aromatic ring is 1. The van der Waals surface area contributed by atoms with Gasteiger partial charge in [0.2, 0.25) is 23.8 Å². The van der Waals surface area contributed by atoms with Gasteiger partial charge in [-0.2, -0.15) is 0 Å². The molecule has 0 amide bonds. The van der Waals surface area contributed by atoms with Gasteiger partial charge in [0, 0.05) is 100.0 Å². The van der Waals surface area contributed by atoms with Gasteiger partial charge in [-0.25, -0.2) is 44.7 Å². The number of carboxylic acid groups (broad SMARTS) is 1. The summed E-state index contributed by atoms with van der Waals surface area (Å²) >= 11 is 5.50. The predicted octanol–water partition coefficient (Wildman–Crippen LogP) is 8.15. The quantitative estimate of drug-likeness (QED) is 0.0155. The van der Waals surface area contributed by atoms with Crippen molar-refractivity contribution < 1.29 is 111 Å². The Hall–Kier alpha value is -10.4. The second-order valence-electron chi connectivity index (χ2n) is 22.8. The van der Waals surface area contributed by atoms with Crippen LogP contribution in [0.1, 0.15) is 65.2 Å². The van der Waals surface area contributed by atoms with Crippen molar-refractivity contribution >= 4 is 77.0 Å². The van der Waals surface area contributed by atoms with E-state index >= 15 is 0 Å². The fraction of sp³-hybridized carbons (Fsp3) is 0.206. The molecule has 572 valence electrons. The Kier molecular flexibility index (Phi) is 29.8. The molecule has 0 atom stereocenters. The van der Waals surface area contributed by atoms with Crippen LogP contribution in [-0.4, -0.2) is 148 Å². The molecule has 4 aromatic heterocycles. The van der Waals surface area contributed by atoms with E-state index in [2.05, 4.69) is 39.9 Å². The topological polar surface area (TPSA) is 519 Å². The number of anilines is 4. The molecular weight excluding hydrogens is 1510 g/mol. The van der Waals surface area contributed by atoms with E-state index in [0.717, 1.165) is 68.8 Å². The van der Waals surface area contributed by atoms with Crippen LogP contribution < -0.4 is 48.9 Å². The van der Waals surface area contributed by atoms with Crippen molar-refractivity contribution in [3.05, 3.63) is 251 Å². The molecule has 0 saturated carbocycles. The number of carboxylic acids is 1. The lowest BCUT2D eigenvalue weighted by molar-refractivity contribution is 0.0695. The third kappa shape index (κ3) is 22.8. The van der Waals surface area contributed by atoms with Crippen molar-refractivity contribution in [3.8, 4) is 34.5 Å². The molecule has 0 unspecified atom stereocenters. The maximum Gasteiger partial charge on any atom is 0.374 e. The van der Waals surface area contributed by atoms with E-state index in [1.807, 2.05) is 131 Å². The molecule has 4 heterocycles. The van der Waals surface area contributed by atoms with Gasteiger partial charge < -0.3 is 103 Å². The Bertz CT molecular complexity index is 4400. The number of aromatic nitrogens is 8. The van der Waals surface area contributed by atoms with E-state index in [-0.39, 0.29) is 23.0 Å². The lowest BCUT2D eigenvalue weighted by Crippen LogP contribution is -2.28. The minimum Gasteiger partial charge on any atom is -0.497 e. The number of carbonyl (C=O) groups excluding carboxylic acids is 1. The fourth-order valence-electron chi connectivity index (χ4n) is 9.66. The number of carbonyl (C=O) groups is 2. The largest absolute Gasteiger partial charge is 0.497 e. The van der Waals surface area contributed by atoms with Crippen LogP contribution in [0.2, 0.25) is 0 Å². The van der Waals surface area contributed by atoms with Crippen LogP contribution in [0.5, 0.6) is 34.5 Å². The van der Waals surface area contributed by atoms with Crippen molar-refractivity contribution in [2.24, 2.45) is 0 Å². The number of nitrogens with zero attached hydrogens (tertiary/aromatic N) is 11. The summed E-state index contributed by atoms with van der Waals surface area (Å²) in [6.07, 6.45) is 8.34. The molecule has 108 heavy (non-hydrogen) atoms. The summed E-state index contributed by atoms with van der Waals surface area (Å²) in [6, 6.07) is 45.6. The molecule has 35 nitrogen and oxygen atoms in total. The molecule has 6 aromatic carbocycles. The number of rotatable bonds is 29. The SMILES string of the molecule is COc1ccc(CN(Cc2ccc(OC)cc2)c2ncc(C(=O)Cl)cn2)cc1.COc1ccc(CN(Cc2ccc(OC)cc2)c2ncc(C(=O)O)cn2)cc1.COc1ccc(CN(Cc2ccc(OC)cc2)c2ncc(C(O)(P(=O)(O)O)P(=O)(O)O)cn2)cc1.Nc1ncc(C(O)(P(=O)(O)O)P(=O)(O)O)cn1. The van der Waals surface area contributed by atoms with Crippen LogP contribution in [-0.2, 0) is 67.7 Å². The molecule has 10 rings (SSSR count). The number of nitrogens with two attached hydrogens (primary N) is 1. The number of methoxy groups -OCH3 is 6. The van der Waals surface area contributed by atoms with Gasteiger partial charge in [-0.3, -0.25) is 23.1 Å². The Labute approximate surface area is 622 Å². The van der Waals surface area contributed by atoms with Crippen LogP contribution in [0.4, 0.5) is 23.8 Å². The van der Waals surface area contributed by atoms with Gasteiger partial charge in [-0.15, -0.1) is 0 Å². The first-order valence-corrected chi connectivity index (χ1v) is 38.1. The molecule has 10 aromatic rings. The average molecular weight is 1590 g/mol. The molecule has 0 bridgehead atoms. The standard InChI is InChI=1S/C21H20ClN3O3.C21H25N3O9P2.C21H21N3O4.C5H9N3O7P2/c1-27-18-7-3-15(4-8-18)13-25(14-16-5-9-19(28-2)10-6-16)21-23-11-17(12-24-21)20(22)26;1-32-18-7-3-15(4-8-18)13-24(14-16-5-9-19(33-2)10-6-16)20-22-11-17(12-23-20)21(25,34(26,27)28)35(29,30)31;1-27-18-7-3-15(4-8-18)13-24(14-16-5-9-19(28-2)10-6-16)21-22-11-17(12-23-21)20(25)26;6-4-7-1-3(2-8-4)5(9,16(10,11)12)17(13,14)15/h3-12H,13-14H2,1-2H3;3-12,25H,13-14H2,1-2H3,(H2,26,27,28)(H2,29,30,31);3-12H,13-14H2,1-2H3,(H,25,26);1-2,9H,(H2,6,7,8)(H2,10,11,12)(H2,13,14,15). The molecule has 13 N–H and O–H groups in total. The monoisotopic (exact) mass is 1590 g/mol. The van der Waals surface area contributed by atoms with Gasteiger partial charge in [0.1, 0.15) is 34.5 Å². The van der Waals surface area contributed by atoms with Crippen LogP contribution in [0.15, 0.2) is 195 Å². The molecule has 0 saturated heterocycles. The second-order valence-corrected chi connectivity index (χ2v) is 30.8. The summed E-state index contributed by atoms with van der Waals surface area (Å²) in [4.78, 5) is 133. The first-order chi connectivity index (χ1) is 51.1. The van der Waals surface area contributed by atoms with Crippen LogP contribution >= 0.6 is 42.0 Å². The van der Waals surface area contributed by atoms with Gasteiger partial charge in [0.05, 0.1) is 53.8 Å². The fourth-order valence-corrected chi connectivity index (χ4v) is 14.3. The van der Waals surface area contributed by atoms with Gasteiger partial charge in [-0.1, -0.05) is 72.8 Å². The van der Waals surface area contributed by atoms with Crippen molar-refractivity contribution in [2.45, 2.75) is 49.4 Å². The Morgan fingerprint density at radius 3 is 0.713 bits per heavy atom. The van der Waals surface area contributed by atoms with Gasteiger partial charge in [-0.05, 0) is 118 Å². The maximum atomic E-state index is 11.8.